The Labute approximate surface area is 134 Å². The smallest absolute Gasteiger partial charge is 0.207 e. The van der Waals surface area contributed by atoms with E-state index in [2.05, 4.69) is 0 Å². The molecule has 2 aromatic carbocycles. The second kappa shape index (κ2) is 5.99. The van der Waals surface area contributed by atoms with Crippen molar-refractivity contribution >= 4 is 21.6 Å². The molecule has 0 aliphatic carbocycles. The van der Waals surface area contributed by atoms with Crippen LogP contribution in [0.1, 0.15) is 16.7 Å². The average molecular weight is 340 g/mol. The molecule has 3 nitrogen and oxygen atoms in total. The van der Waals surface area contributed by atoms with Crippen LogP contribution in [-0.4, -0.2) is 19.3 Å². The predicted octanol–water partition coefficient (Wildman–Crippen LogP) is 3.31. The molecule has 1 aliphatic rings. The molecule has 0 unspecified atom stereocenters. The van der Waals surface area contributed by atoms with Crippen LogP contribution in [0.2, 0.25) is 0 Å². The van der Waals surface area contributed by atoms with Crippen molar-refractivity contribution in [3.63, 3.8) is 0 Å². The van der Waals surface area contributed by atoms with E-state index in [1.54, 1.807) is 0 Å². The molecule has 116 valence electrons. The van der Waals surface area contributed by atoms with E-state index in [1.807, 2.05) is 18.2 Å². The third kappa shape index (κ3) is 2.89. The highest BCUT2D eigenvalue weighted by Gasteiger charge is 2.28. The Morgan fingerprint density at radius 2 is 1.82 bits per heavy atom. The van der Waals surface area contributed by atoms with Crippen LogP contribution in [-0.2, 0) is 28.9 Å². The maximum atomic E-state index is 13.0. The molecule has 0 bridgehead atoms. The third-order valence-corrected chi connectivity index (χ3v) is 6.02. The van der Waals surface area contributed by atoms with Crippen molar-refractivity contribution in [2.24, 2.45) is 0 Å². The molecule has 0 spiro atoms. The fraction of sp³-hybridized carbons (Fsp3) is 0.250. The van der Waals surface area contributed by atoms with Gasteiger partial charge in [-0.3, -0.25) is 0 Å². The van der Waals surface area contributed by atoms with E-state index in [0.29, 0.717) is 25.4 Å². The van der Waals surface area contributed by atoms with E-state index in [0.717, 1.165) is 28.8 Å². The first-order chi connectivity index (χ1) is 10.5. The lowest BCUT2D eigenvalue weighted by molar-refractivity contribution is 0.391. The number of sulfonamides is 1. The summed E-state index contributed by atoms with van der Waals surface area (Å²) in [6.07, 6.45) is 0.665. The molecule has 1 heterocycles. The van der Waals surface area contributed by atoms with Crippen molar-refractivity contribution in [1.29, 1.82) is 0 Å². The molecule has 0 N–H and O–H groups in total. The molecule has 0 saturated heterocycles. The number of hydrogen-bond acceptors (Lipinski definition) is 2. The molecule has 22 heavy (non-hydrogen) atoms. The summed E-state index contributed by atoms with van der Waals surface area (Å²) < 4.78 is 39.7. The van der Waals surface area contributed by atoms with Crippen molar-refractivity contribution in [3.8, 4) is 0 Å². The molecule has 0 atom stereocenters. The first-order valence-electron chi connectivity index (χ1n) is 6.93. The van der Waals surface area contributed by atoms with Gasteiger partial charge < -0.3 is 0 Å². The molecule has 0 amide bonds. The predicted molar refractivity (Wildman–Crippen MR) is 83.7 cm³/mol. The van der Waals surface area contributed by atoms with E-state index in [9.17, 15) is 12.8 Å². The zero-order valence-electron chi connectivity index (χ0n) is 11.8. The molecule has 6 heteroatoms. The lowest BCUT2D eigenvalue weighted by Crippen LogP contribution is -2.36. The van der Waals surface area contributed by atoms with Gasteiger partial charge >= 0.3 is 0 Å². The number of nitrogens with zero attached hydrogens (tertiary/aromatic N) is 1. The summed E-state index contributed by atoms with van der Waals surface area (Å²) in [5.41, 5.74) is 3.11. The van der Waals surface area contributed by atoms with Crippen LogP contribution in [0.4, 0.5) is 4.39 Å². The minimum atomic E-state index is -3.61. The molecule has 0 radical (unpaired) electrons. The van der Waals surface area contributed by atoms with Gasteiger partial charge in [0.05, 0.1) is 4.90 Å². The average Bonchev–Trinajstić information content (AvgIpc) is 2.54. The van der Waals surface area contributed by atoms with E-state index < -0.39 is 15.8 Å². The summed E-state index contributed by atoms with van der Waals surface area (Å²) in [4.78, 5) is 0.117. The minimum Gasteiger partial charge on any atom is -0.207 e. The van der Waals surface area contributed by atoms with E-state index in [1.165, 1.54) is 16.4 Å². The van der Waals surface area contributed by atoms with E-state index >= 15 is 0 Å². The minimum absolute atomic E-state index is 0.117. The number of hydrogen-bond donors (Lipinski definition) is 0. The topological polar surface area (TPSA) is 37.4 Å². The van der Waals surface area contributed by atoms with Gasteiger partial charge in [0.25, 0.3) is 0 Å². The maximum absolute atomic E-state index is 13.0. The molecule has 0 aromatic heterocycles. The van der Waals surface area contributed by atoms with Crippen LogP contribution >= 0.6 is 11.6 Å². The van der Waals surface area contributed by atoms with Gasteiger partial charge in [0.15, 0.2) is 0 Å². The number of benzene rings is 2. The Balaban J connectivity index is 1.91. The first kappa shape index (κ1) is 15.5. The lowest BCUT2D eigenvalue weighted by atomic mass is 9.99. The second-order valence-electron chi connectivity index (χ2n) is 5.28. The number of alkyl halides is 1. The standard InChI is InChI=1S/C16H15ClFNO2S/c17-10-12-1-2-13-7-8-19(11-14(13)9-12)22(20,21)16-5-3-15(18)4-6-16/h1-6,9H,7-8,10-11H2. The van der Waals surface area contributed by atoms with Crippen LogP contribution in [0, 0.1) is 5.82 Å². The van der Waals surface area contributed by atoms with E-state index in [4.69, 9.17) is 11.6 Å². The number of rotatable bonds is 3. The summed E-state index contributed by atoms with van der Waals surface area (Å²) in [6, 6.07) is 10.9. The van der Waals surface area contributed by atoms with Crippen LogP contribution in [0.5, 0.6) is 0 Å². The van der Waals surface area contributed by atoms with Gasteiger partial charge in [-0.1, -0.05) is 18.2 Å². The third-order valence-electron chi connectivity index (χ3n) is 3.85. The van der Waals surface area contributed by atoms with Gasteiger partial charge in [-0.05, 0) is 47.4 Å². The zero-order valence-corrected chi connectivity index (χ0v) is 13.4. The van der Waals surface area contributed by atoms with Gasteiger partial charge in [0.1, 0.15) is 5.82 Å². The molecular formula is C16H15ClFNO2S. The fourth-order valence-corrected chi connectivity index (χ4v) is 4.21. The normalized spacial score (nSPS) is 15.5. The highest BCUT2D eigenvalue weighted by Crippen LogP contribution is 2.26. The Morgan fingerprint density at radius 1 is 1.09 bits per heavy atom. The molecule has 2 aromatic rings. The molecule has 1 aliphatic heterocycles. The molecule has 0 saturated carbocycles. The monoisotopic (exact) mass is 339 g/mol. The summed E-state index contributed by atoms with van der Waals surface area (Å²) in [6.45, 7) is 0.743. The molecule has 0 fully saturated rings. The van der Waals surface area contributed by atoms with E-state index in [-0.39, 0.29) is 4.90 Å². The van der Waals surface area contributed by atoms with Crippen LogP contribution < -0.4 is 0 Å². The Bertz CT molecular complexity index is 790. The summed E-state index contributed by atoms with van der Waals surface area (Å²) >= 11 is 5.84. The van der Waals surface area contributed by atoms with Crippen LogP contribution in [0.25, 0.3) is 0 Å². The van der Waals surface area contributed by atoms with Crippen LogP contribution in [0.3, 0.4) is 0 Å². The maximum Gasteiger partial charge on any atom is 0.243 e. The quantitative estimate of drug-likeness (QED) is 0.804. The Kier molecular flexibility index (Phi) is 4.21. The Hall–Kier alpha value is -1.43. The van der Waals surface area contributed by atoms with Crippen molar-refractivity contribution in [2.45, 2.75) is 23.7 Å². The van der Waals surface area contributed by atoms with Gasteiger partial charge in [0.2, 0.25) is 10.0 Å². The highest BCUT2D eigenvalue weighted by molar-refractivity contribution is 7.89. The molecular weight excluding hydrogens is 325 g/mol. The summed E-state index contributed by atoms with van der Waals surface area (Å²) in [5, 5.41) is 0. The highest BCUT2D eigenvalue weighted by atomic mass is 35.5. The number of fused-ring (bicyclic) bond motifs is 1. The van der Waals surface area contributed by atoms with Crippen molar-refractivity contribution in [2.75, 3.05) is 6.54 Å². The first-order valence-corrected chi connectivity index (χ1v) is 8.90. The largest absolute Gasteiger partial charge is 0.243 e. The van der Waals surface area contributed by atoms with Crippen LogP contribution in [0.15, 0.2) is 47.4 Å². The Morgan fingerprint density at radius 3 is 2.50 bits per heavy atom. The summed E-state index contributed by atoms with van der Waals surface area (Å²) in [7, 11) is -3.61. The van der Waals surface area contributed by atoms with Gasteiger partial charge in [-0.15, -0.1) is 11.6 Å². The van der Waals surface area contributed by atoms with Crippen molar-refractivity contribution in [1.82, 2.24) is 4.31 Å². The van der Waals surface area contributed by atoms with Gasteiger partial charge in [-0.2, -0.15) is 4.31 Å². The van der Waals surface area contributed by atoms with Crippen molar-refractivity contribution < 1.29 is 12.8 Å². The second-order valence-corrected chi connectivity index (χ2v) is 7.48. The van der Waals surface area contributed by atoms with Gasteiger partial charge in [-0.25, -0.2) is 12.8 Å². The molecule has 3 rings (SSSR count). The number of halogens is 2. The zero-order chi connectivity index (χ0) is 15.7. The SMILES string of the molecule is O=S(=O)(c1ccc(F)cc1)N1CCc2ccc(CCl)cc2C1. The lowest BCUT2D eigenvalue weighted by Gasteiger charge is -2.28. The van der Waals surface area contributed by atoms with Gasteiger partial charge in [0, 0.05) is 19.0 Å². The fourth-order valence-electron chi connectivity index (χ4n) is 2.63. The summed E-state index contributed by atoms with van der Waals surface area (Å²) in [5.74, 6) is -0.0486. The van der Waals surface area contributed by atoms with Crippen molar-refractivity contribution in [3.05, 3.63) is 65.0 Å².